The average Bonchev–Trinajstić information content (AvgIpc) is 2.66. The smallest absolute Gasteiger partial charge is 0.136 e. The van der Waals surface area contributed by atoms with E-state index in [2.05, 4.69) is 26.0 Å². The molecule has 26 heavy (non-hydrogen) atoms. The molecule has 0 spiro atoms. The second-order valence-electron chi connectivity index (χ2n) is 7.20. The lowest BCUT2D eigenvalue weighted by Gasteiger charge is -2.17. The molecule has 2 unspecified atom stereocenters. The Bertz CT molecular complexity index is 867. The van der Waals surface area contributed by atoms with Crippen LogP contribution in [0.3, 0.4) is 0 Å². The molecule has 0 aliphatic carbocycles. The van der Waals surface area contributed by atoms with Gasteiger partial charge in [-0.2, -0.15) is 0 Å². The molecular weight excluding hydrogens is 344 g/mol. The Kier molecular flexibility index (Phi) is 5.52. The molecule has 0 amide bonds. The second-order valence-corrected chi connectivity index (χ2v) is 7.64. The number of ketones is 1. The number of hydrogen-bond donors (Lipinski definition) is 0. The summed E-state index contributed by atoms with van der Waals surface area (Å²) in [5, 5.41) is 0.723. The summed E-state index contributed by atoms with van der Waals surface area (Å²) in [5.41, 5.74) is 4.66. The summed E-state index contributed by atoms with van der Waals surface area (Å²) >= 11 is 6.22. The molecule has 2 aromatic carbocycles. The van der Waals surface area contributed by atoms with Gasteiger partial charge in [0, 0.05) is 16.5 Å². The number of fused-ring (bicyclic) bond motifs is 2. The normalized spacial score (nSPS) is 19.4. The molecule has 0 saturated carbocycles. The van der Waals surface area contributed by atoms with E-state index in [9.17, 15) is 4.79 Å². The molecule has 0 N–H and O–H groups in total. The molecule has 0 fully saturated rings. The van der Waals surface area contributed by atoms with Crippen molar-refractivity contribution in [2.75, 3.05) is 0 Å². The standard InChI is InChI=1S/C23H25ClO2/c1-5-17-11-20-13-21(24)7-9-23(20)26-22-8-6-18(15(3)16(4)25)12-19(22)10-14(17)2/h5-9,12-15H,10-11H2,1-4H3. The fraction of sp³-hybridized carbons (Fsp3) is 0.348. The number of benzene rings is 2. The van der Waals surface area contributed by atoms with E-state index in [4.69, 9.17) is 16.3 Å². The van der Waals surface area contributed by atoms with E-state index in [1.54, 1.807) is 6.92 Å². The van der Waals surface area contributed by atoms with Crippen LogP contribution in [0.15, 0.2) is 48.0 Å². The van der Waals surface area contributed by atoms with Gasteiger partial charge < -0.3 is 4.74 Å². The Hall–Kier alpha value is -2.06. The van der Waals surface area contributed by atoms with Crippen LogP contribution in [0.25, 0.3) is 0 Å². The first-order valence-corrected chi connectivity index (χ1v) is 9.51. The molecule has 3 heteroatoms. The fourth-order valence-corrected chi connectivity index (χ4v) is 3.70. The number of carbonyl (C=O) groups is 1. The van der Waals surface area contributed by atoms with E-state index in [1.165, 1.54) is 5.57 Å². The first-order chi connectivity index (χ1) is 12.4. The van der Waals surface area contributed by atoms with E-state index in [-0.39, 0.29) is 11.7 Å². The Morgan fingerprint density at radius 3 is 2.58 bits per heavy atom. The minimum atomic E-state index is -0.101. The zero-order chi connectivity index (χ0) is 18.8. The Morgan fingerprint density at radius 2 is 1.88 bits per heavy atom. The van der Waals surface area contributed by atoms with Crippen LogP contribution in [0.1, 0.15) is 50.3 Å². The number of rotatable bonds is 2. The highest BCUT2D eigenvalue weighted by molar-refractivity contribution is 6.30. The minimum absolute atomic E-state index is 0.101. The lowest BCUT2D eigenvalue weighted by Crippen LogP contribution is -2.08. The van der Waals surface area contributed by atoms with E-state index >= 15 is 0 Å². The van der Waals surface area contributed by atoms with Gasteiger partial charge in [0.15, 0.2) is 0 Å². The third-order valence-electron chi connectivity index (χ3n) is 5.36. The summed E-state index contributed by atoms with van der Waals surface area (Å²) in [6, 6.07) is 11.9. The predicted octanol–water partition coefficient (Wildman–Crippen LogP) is 6.51. The molecule has 2 aromatic rings. The summed E-state index contributed by atoms with van der Waals surface area (Å²) < 4.78 is 6.28. The van der Waals surface area contributed by atoms with Crippen molar-refractivity contribution in [1.29, 1.82) is 0 Å². The zero-order valence-electron chi connectivity index (χ0n) is 15.8. The topological polar surface area (TPSA) is 26.3 Å². The molecule has 0 aromatic heterocycles. The van der Waals surface area contributed by atoms with E-state index < -0.39 is 0 Å². The molecule has 1 heterocycles. The quantitative estimate of drug-likeness (QED) is 0.565. The number of halogens is 1. The van der Waals surface area contributed by atoms with Crippen molar-refractivity contribution in [3.05, 3.63) is 69.8 Å². The van der Waals surface area contributed by atoms with Crippen molar-refractivity contribution in [2.24, 2.45) is 5.92 Å². The van der Waals surface area contributed by atoms with Crippen LogP contribution in [0, 0.1) is 5.92 Å². The lowest BCUT2D eigenvalue weighted by molar-refractivity contribution is -0.118. The molecular formula is C23H25ClO2. The molecule has 1 aliphatic heterocycles. The first kappa shape index (κ1) is 18.7. The number of Topliss-reactive ketones (excluding diaryl/α,β-unsaturated/α-hetero) is 1. The van der Waals surface area contributed by atoms with Gasteiger partial charge in [-0.1, -0.05) is 49.2 Å². The third-order valence-corrected chi connectivity index (χ3v) is 5.60. The van der Waals surface area contributed by atoms with Crippen LogP contribution < -0.4 is 4.74 Å². The van der Waals surface area contributed by atoms with Gasteiger partial charge in [0.1, 0.15) is 17.3 Å². The largest absolute Gasteiger partial charge is 0.457 e. The zero-order valence-corrected chi connectivity index (χ0v) is 16.6. The van der Waals surface area contributed by atoms with Crippen molar-refractivity contribution in [2.45, 2.75) is 46.5 Å². The van der Waals surface area contributed by atoms with Gasteiger partial charge in [0.05, 0.1) is 0 Å². The number of allylic oxidation sites excluding steroid dienone is 2. The predicted molar refractivity (Wildman–Crippen MR) is 107 cm³/mol. The molecule has 0 radical (unpaired) electrons. The summed E-state index contributed by atoms with van der Waals surface area (Å²) in [5.74, 6) is 2.16. The van der Waals surface area contributed by atoms with Gasteiger partial charge in [-0.05, 0) is 68.0 Å². The van der Waals surface area contributed by atoms with Crippen LogP contribution in [-0.2, 0) is 17.6 Å². The number of ether oxygens (including phenoxy) is 1. The number of carbonyl (C=O) groups excluding carboxylic acids is 1. The number of hydrogen-bond acceptors (Lipinski definition) is 2. The van der Waals surface area contributed by atoms with Crippen LogP contribution in [0.4, 0.5) is 0 Å². The van der Waals surface area contributed by atoms with Gasteiger partial charge in [0.25, 0.3) is 0 Å². The summed E-state index contributed by atoms with van der Waals surface area (Å²) in [4.78, 5) is 11.8. The highest BCUT2D eigenvalue weighted by Gasteiger charge is 2.21. The molecule has 0 bridgehead atoms. The van der Waals surface area contributed by atoms with E-state index in [0.717, 1.165) is 46.1 Å². The van der Waals surface area contributed by atoms with Gasteiger partial charge in [-0.15, -0.1) is 0 Å². The second kappa shape index (κ2) is 7.67. The van der Waals surface area contributed by atoms with Crippen LogP contribution in [-0.4, -0.2) is 5.78 Å². The monoisotopic (exact) mass is 368 g/mol. The molecule has 3 rings (SSSR count). The first-order valence-electron chi connectivity index (χ1n) is 9.13. The molecule has 136 valence electrons. The van der Waals surface area contributed by atoms with Gasteiger partial charge >= 0.3 is 0 Å². The van der Waals surface area contributed by atoms with E-state index in [0.29, 0.717) is 5.92 Å². The maximum atomic E-state index is 11.8. The average molecular weight is 369 g/mol. The van der Waals surface area contributed by atoms with Crippen LogP contribution in [0.5, 0.6) is 11.5 Å². The fourth-order valence-electron chi connectivity index (χ4n) is 3.51. The minimum Gasteiger partial charge on any atom is -0.457 e. The van der Waals surface area contributed by atoms with Crippen molar-refractivity contribution < 1.29 is 9.53 Å². The molecule has 2 nitrogen and oxygen atoms in total. The van der Waals surface area contributed by atoms with Gasteiger partial charge in [-0.3, -0.25) is 4.79 Å². The van der Waals surface area contributed by atoms with Crippen molar-refractivity contribution >= 4 is 17.4 Å². The van der Waals surface area contributed by atoms with Gasteiger partial charge in [-0.25, -0.2) is 0 Å². The van der Waals surface area contributed by atoms with Gasteiger partial charge in [0.2, 0.25) is 0 Å². The lowest BCUT2D eigenvalue weighted by atomic mass is 9.87. The third kappa shape index (κ3) is 3.86. The molecule has 0 saturated heterocycles. The summed E-state index contributed by atoms with van der Waals surface area (Å²) in [6.45, 7) is 7.93. The van der Waals surface area contributed by atoms with Crippen molar-refractivity contribution in [3.8, 4) is 11.5 Å². The maximum Gasteiger partial charge on any atom is 0.136 e. The van der Waals surface area contributed by atoms with Crippen LogP contribution in [0.2, 0.25) is 5.02 Å². The van der Waals surface area contributed by atoms with Crippen molar-refractivity contribution in [3.63, 3.8) is 0 Å². The van der Waals surface area contributed by atoms with Crippen LogP contribution >= 0.6 is 11.6 Å². The highest BCUT2D eigenvalue weighted by Crippen LogP contribution is 2.37. The summed E-state index contributed by atoms with van der Waals surface area (Å²) in [6.07, 6.45) is 3.91. The Morgan fingerprint density at radius 1 is 1.19 bits per heavy atom. The SMILES string of the molecule is CC=C1Cc2cc(Cl)ccc2Oc2ccc(C(C)C(C)=O)cc2CC1C. The molecule has 1 aliphatic rings. The van der Waals surface area contributed by atoms with Crippen molar-refractivity contribution in [1.82, 2.24) is 0 Å². The molecule has 2 atom stereocenters. The maximum absolute atomic E-state index is 11.8. The highest BCUT2D eigenvalue weighted by atomic mass is 35.5. The summed E-state index contributed by atoms with van der Waals surface area (Å²) in [7, 11) is 0. The Labute approximate surface area is 160 Å². The van der Waals surface area contributed by atoms with E-state index in [1.807, 2.05) is 37.3 Å². The Balaban J connectivity index is 2.11.